The lowest BCUT2D eigenvalue weighted by atomic mass is 10.0. The highest BCUT2D eigenvalue weighted by atomic mass is 16.6. The molecule has 0 bridgehead atoms. The Morgan fingerprint density at radius 3 is 2.53 bits per heavy atom. The van der Waals surface area contributed by atoms with E-state index in [1.807, 2.05) is 23.1 Å². The molecule has 2 N–H and O–H groups in total. The Kier molecular flexibility index (Phi) is 5.99. The fourth-order valence-electron chi connectivity index (χ4n) is 3.53. The highest BCUT2D eigenvalue weighted by Gasteiger charge is 2.30. The van der Waals surface area contributed by atoms with Crippen LogP contribution in [0.3, 0.4) is 0 Å². The molecule has 0 saturated carbocycles. The van der Waals surface area contributed by atoms with Crippen molar-refractivity contribution in [3.63, 3.8) is 0 Å². The fourth-order valence-corrected chi connectivity index (χ4v) is 3.53. The summed E-state index contributed by atoms with van der Waals surface area (Å²) in [5.74, 6) is 0.696. The number of nitrogens with one attached hydrogen (secondary N) is 2. The Morgan fingerprint density at radius 2 is 1.80 bits per heavy atom. The number of ether oxygens (including phenoxy) is 2. The normalized spacial score (nSPS) is 19.1. The number of carbonyl (C=O) groups is 3. The monoisotopic (exact) mass is 413 g/mol. The maximum Gasteiger partial charge on any atom is 0.322 e. The summed E-state index contributed by atoms with van der Waals surface area (Å²) in [5, 5.41) is 5.03. The van der Waals surface area contributed by atoms with Gasteiger partial charge < -0.3 is 19.2 Å². The van der Waals surface area contributed by atoms with Gasteiger partial charge in [-0.25, -0.2) is 4.79 Å². The second-order valence-electron chi connectivity index (χ2n) is 7.29. The number of hydrogen-bond acceptors (Lipinski definition) is 7. The van der Waals surface area contributed by atoms with Crippen LogP contribution >= 0.6 is 0 Å². The standard InChI is InChI=1S/C21H23N3O6/c25-15(19-13-29-16-4-1-2-5-17(16)30-19)12-24-9-7-14(8-10-24)22-21(27)23-20(26)18-6-3-11-28-18/h1-6,11,14,19H,7-10,12-13H2,(H2,22,23,26,27). The SMILES string of the molecule is O=C(NC(=O)c1ccco1)NC1CCN(CC(=O)C2COc3ccccc3O2)CC1. The molecule has 1 unspecified atom stereocenters. The van der Waals surface area contributed by atoms with Crippen molar-refractivity contribution in [2.24, 2.45) is 0 Å². The Labute approximate surface area is 173 Å². The van der Waals surface area contributed by atoms with Gasteiger partial charge in [0.2, 0.25) is 0 Å². The number of ketones is 1. The molecule has 158 valence electrons. The summed E-state index contributed by atoms with van der Waals surface area (Å²) in [6.45, 7) is 1.80. The van der Waals surface area contributed by atoms with Gasteiger partial charge in [-0.05, 0) is 37.1 Å². The summed E-state index contributed by atoms with van der Waals surface area (Å²) in [6, 6.07) is 9.73. The number of piperidine rings is 1. The first-order valence-corrected chi connectivity index (χ1v) is 9.87. The molecule has 2 aromatic rings. The van der Waals surface area contributed by atoms with Gasteiger partial charge in [-0.2, -0.15) is 0 Å². The summed E-state index contributed by atoms with van der Waals surface area (Å²) < 4.78 is 16.3. The molecule has 30 heavy (non-hydrogen) atoms. The van der Waals surface area contributed by atoms with E-state index in [4.69, 9.17) is 13.9 Å². The summed E-state index contributed by atoms with van der Waals surface area (Å²) in [7, 11) is 0. The van der Waals surface area contributed by atoms with Crippen LogP contribution in [0.25, 0.3) is 0 Å². The zero-order valence-electron chi connectivity index (χ0n) is 16.3. The first-order valence-electron chi connectivity index (χ1n) is 9.87. The third-order valence-corrected chi connectivity index (χ3v) is 5.14. The van der Waals surface area contributed by atoms with Crippen LogP contribution in [0.15, 0.2) is 47.1 Å². The van der Waals surface area contributed by atoms with Crippen LogP contribution in [0, 0.1) is 0 Å². The summed E-state index contributed by atoms with van der Waals surface area (Å²) in [5.41, 5.74) is 0. The minimum Gasteiger partial charge on any atom is -0.485 e. The number of nitrogens with zero attached hydrogens (tertiary/aromatic N) is 1. The van der Waals surface area contributed by atoms with Crippen molar-refractivity contribution in [1.29, 1.82) is 0 Å². The van der Waals surface area contributed by atoms with Crippen LogP contribution in [0.5, 0.6) is 11.5 Å². The highest BCUT2D eigenvalue weighted by molar-refractivity contribution is 6.02. The minimum atomic E-state index is -0.617. The molecule has 9 heteroatoms. The van der Waals surface area contributed by atoms with Gasteiger partial charge in [0.15, 0.2) is 29.1 Å². The zero-order chi connectivity index (χ0) is 20.9. The summed E-state index contributed by atoms with van der Waals surface area (Å²) >= 11 is 0. The van der Waals surface area contributed by atoms with E-state index in [2.05, 4.69) is 10.6 Å². The molecule has 0 radical (unpaired) electrons. The Hall–Kier alpha value is -3.33. The predicted molar refractivity (Wildman–Crippen MR) is 106 cm³/mol. The largest absolute Gasteiger partial charge is 0.485 e. The van der Waals surface area contributed by atoms with Gasteiger partial charge in [0.1, 0.15) is 6.61 Å². The molecule has 1 atom stereocenters. The topological polar surface area (TPSA) is 110 Å². The Bertz CT molecular complexity index is 905. The number of fused-ring (bicyclic) bond motifs is 1. The fraction of sp³-hybridized carbons (Fsp3) is 0.381. The number of likely N-dealkylation sites (tertiary alicyclic amines) is 1. The number of carbonyl (C=O) groups excluding carboxylic acids is 3. The number of imide groups is 1. The van der Waals surface area contributed by atoms with Crippen molar-refractivity contribution in [3.05, 3.63) is 48.4 Å². The van der Waals surface area contributed by atoms with Gasteiger partial charge in [-0.1, -0.05) is 12.1 Å². The number of amides is 3. The first-order chi connectivity index (χ1) is 14.6. The summed E-state index contributed by atoms with van der Waals surface area (Å²) in [6.07, 6.45) is 2.11. The molecule has 0 spiro atoms. The molecule has 1 aromatic carbocycles. The van der Waals surface area contributed by atoms with Crippen LogP contribution in [-0.2, 0) is 4.79 Å². The van der Waals surface area contributed by atoms with Crippen LogP contribution in [0.4, 0.5) is 4.79 Å². The minimum absolute atomic E-state index is 0.0299. The molecule has 1 aromatic heterocycles. The highest BCUT2D eigenvalue weighted by Crippen LogP contribution is 2.31. The van der Waals surface area contributed by atoms with Crippen molar-refractivity contribution >= 4 is 17.7 Å². The van der Waals surface area contributed by atoms with Crippen molar-refractivity contribution in [1.82, 2.24) is 15.5 Å². The molecular weight excluding hydrogens is 390 g/mol. The average molecular weight is 413 g/mol. The number of urea groups is 1. The van der Waals surface area contributed by atoms with E-state index >= 15 is 0 Å². The quantitative estimate of drug-likeness (QED) is 0.766. The maximum atomic E-state index is 12.6. The van der Waals surface area contributed by atoms with E-state index < -0.39 is 18.0 Å². The van der Waals surface area contributed by atoms with Crippen molar-refractivity contribution in [2.75, 3.05) is 26.2 Å². The lowest BCUT2D eigenvalue weighted by Crippen LogP contribution is -2.51. The van der Waals surface area contributed by atoms with Crippen LogP contribution in [-0.4, -0.2) is 61.0 Å². The molecule has 2 aliphatic heterocycles. The van der Waals surface area contributed by atoms with Gasteiger partial charge in [-0.3, -0.25) is 19.8 Å². The molecule has 1 fully saturated rings. The number of hydrogen-bond donors (Lipinski definition) is 2. The van der Waals surface area contributed by atoms with Gasteiger partial charge >= 0.3 is 6.03 Å². The maximum absolute atomic E-state index is 12.6. The van der Waals surface area contributed by atoms with Crippen LogP contribution in [0.2, 0.25) is 0 Å². The zero-order valence-corrected chi connectivity index (χ0v) is 16.3. The van der Waals surface area contributed by atoms with Crippen molar-refractivity contribution < 1.29 is 28.3 Å². The van der Waals surface area contributed by atoms with Crippen molar-refractivity contribution in [3.8, 4) is 11.5 Å². The van der Waals surface area contributed by atoms with Gasteiger partial charge in [0.25, 0.3) is 5.91 Å². The second kappa shape index (κ2) is 9.00. The van der Waals surface area contributed by atoms with E-state index in [9.17, 15) is 14.4 Å². The smallest absolute Gasteiger partial charge is 0.322 e. The number of benzene rings is 1. The van der Waals surface area contributed by atoms with E-state index in [1.54, 1.807) is 12.1 Å². The number of rotatable bonds is 5. The average Bonchev–Trinajstić information content (AvgIpc) is 3.30. The van der Waals surface area contributed by atoms with Gasteiger partial charge in [0.05, 0.1) is 12.8 Å². The van der Waals surface area contributed by atoms with Gasteiger partial charge in [-0.15, -0.1) is 0 Å². The first kappa shape index (κ1) is 20.0. The number of Topliss-reactive ketones (excluding diaryl/α,β-unsaturated/α-hetero) is 1. The third kappa shape index (κ3) is 4.80. The van der Waals surface area contributed by atoms with Crippen molar-refractivity contribution in [2.45, 2.75) is 25.0 Å². The molecular formula is C21H23N3O6. The van der Waals surface area contributed by atoms with Gasteiger partial charge in [0, 0.05) is 19.1 Å². The number of para-hydroxylation sites is 2. The Balaban J connectivity index is 1.19. The third-order valence-electron chi connectivity index (χ3n) is 5.14. The van der Waals surface area contributed by atoms with E-state index in [1.165, 1.54) is 12.3 Å². The predicted octanol–water partition coefficient (Wildman–Crippen LogP) is 1.59. The molecule has 9 nitrogen and oxygen atoms in total. The van der Waals surface area contributed by atoms with E-state index in [0.29, 0.717) is 37.4 Å². The second-order valence-corrected chi connectivity index (χ2v) is 7.29. The molecule has 0 aliphatic carbocycles. The summed E-state index contributed by atoms with van der Waals surface area (Å²) in [4.78, 5) is 38.5. The van der Waals surface area contributed by atoms with Crippen LogP contribution < -0.4 is 20.1 Å². The number of furan rings is 1. The molecule has 3 amide bonds. The molecule has 2 aliphatic rings. The molecule has 1 saturated heterocycles. The Morgan fingerprint density at radius 1 is 1.03 bits per heavy atom. The lowest BCUT2D eigenvalue weighted by molar-refractivity contribution is -0.129. The van der Waals surface area contributed by atoms with Crippen LogP contribution in [0.1, 0.15) is 23.4 Å². The lowest BCUT2D eigenvalue weighted by Gasteiger charge is -2.33. The molecule has 3 heterocycles. The van der Waals surface area contributed by atoms with E-state index in [0.717, 1.165) is 0 Å². The molecule has 4 rings (SSSR count). The van der Waals surface area contributed by atoms with E-state index in [-0.39, 0.29) is 30.7 Å².